The molecule has 0 unspecified atom stereocenters. The van der Waals surface area contributed by atoms with Crippen LogP contribution in [0.5, 0.6) is 0 Å². The van der Waals surface area contributed by atoms with Crippen LogP contribution in [0.3, 0.4) is 0 Å². The number of halogens is 1. The predicted molar refractivity (Wildman–Crippen MR) is 65.0 cm³/mol. The maximum Gasteiger partial charge on any atom is 0.253 e. The van der Waals surface area contributed by atoms with Crippen molar-refractivity contribution in [2.75, 3.05) is 19.3 Å². The lowest BCUT2D eigenvalue weighted by atomic mass is 10.2. The molecular formula is C12H14FNO3S. The van der Waals surface area contributed by atoms with Gasteiger partial charge in [-0.15, -0.1) is 0 Å². The first-order valence-electron chi connectivity index (χ1n) is 5.61. The van der Waals surface area contributed by atoms with Gasteiger partial charge in [0.1, 0.15) is 6.17 Å². The van der Waals surface area contributed by atoms with Crippen molar-refractivity contribution in [2.45, 2.75) is 17.5 Å². The summed E-state index contributed by atoms with van der Waals surface area (Å²) in [5.41, 5.74) is 0.284. The average Bonchev–Trinajstić information content (AvgIpc) is 2.74. The molecule has 1 aromatic rings. The number of nitrogens with zero attached hydrogens (tertiary/aromatic N) is 1. The molecule has 0 aliphatic carbocycles. The third-order valence-corrected chi connectivity index (χ3v) is 4.04. The smallest absolute Gasteiger partial charge is 0.253 e. The van der Waals surface area contributed by atoms with E-state index in [4.69, 9.17) is 0 Å². The average molecular weight is 271 g/mol. The van der Waals surface area contributed by atoms with Gasteiger partial charge in [-0.2, -0.15) is 0 Å². The number of carbonyl (C=O) groups excluding carboxylic acids is 1. The Kier molecular flexibility index (Phi) is 3.38. The zero-order valence-electron chi connectivity index (χ0n) is 9.97. The number of likely N-dealkylation sites (tertiary alicyclic amines) is 1. The van der Waals surface area contributed by atoms with E-state index < -0.39 is 16.0 Å². The van der Waals surface area contributed by atoms with E-state index in [1.807, 2.05) is 0 Å². The SMILES string of the molecule is CS(=O)(=O)c1cccc(C(=O)N2CC[C@@H](F)C2)c1. The fraction of sp³-hybridized carbons (Fsp3) is 0.417. The molecule has 1 amide bonds. The molecular weight excluding hydrogens is 257 g/mol. The minimum Gasteiger partial charge on any atom is -0.336 e. The van der Waals surface area contributed by atoms with Crippen LogP contribution in [-0.2, 0) is 9.84 Å². The second kappa shape index (κ2) is 4.68. The molecule has 18 heavy (non-hydrogen) atoms. The molecule has 6 heteroatoms. The van der Waals surface area contributed by atoms with Gasteiger partial charge in [0.15, 0.2) is 9.84 Å². The zero-order valence-corrected chi connectivity index (χ0v) is 10.8. The largest absolute Gasteiger partial charge is 0.336 e. The van der Waals surface area contributed by atoms with Gasteiger partial charge in [-0.3, -0.25) is 4.79 Å². The summed E-state index contributed by atoms with van der Waals surface area (Å²) in [7, 11) is -3.34. The van der Waals surface area contributed by atoms with Gasteiger partial charge in [-0.25, -0.2) is 12.8 Å². The summed E-state index contributed by atoms with van der Waals surface area (Å²) in [6, 6.07) is 5.84. The first-order valence-corrected chi connectivity index (χ1v) is 7.50. The third kappa shape index (κ3) is 2.69. The van der Waals surface area contributed by atoms with E-state index in [1.54, 1.807) is 6.07 Å². The van der Waals surface area contributed by atoms with Crippen LogP contribution in [0, 0.1) is 0 Å². The maximum atomic E-state index is 13.0. The molecule has 1 atom stereocenters. The molecule has 2 rings (SSSR count). The fourth-order valence-corrected chi connectivity index (χ4v) is 2.61. The summed E-state index contributed by atoms with van der Waals surface area (Å²) in [4.78, 5) is 13.5. The van der Waals surface area contributed by atoms with Crippen molar-refractivity contribution < 1.29 is 17.6 Å². The summed E-state index contributed by atoms with van der Waals surface area (Å²) in [6.07, 6.45) is 0.452. The van der Waals surface area contributed by atoms with Crippen LogP contribution in [0.15, 0.2) is 29.2 Å². The summed E-state index contributed by atoms with van der Waals surface area (Å²) in [5, 5.41) is 0. The first kappa shape index (κ1) is 13.0. The van der Waals surface area contributed by atoms with Gasteiger partial charge in [0, 0.05) is 18.4 Å². The van der Waals surface area contributed by atoms with Gasteiger partial charge in [-0.05, 0) is 24.6 Å². The molecule has 98 valence electrons. The Morgan fingerprint density at radius 3 is 2.72 bits per heavy atom. The standard InChI is InChI=1S/C12H14FNO3S/c1-18(16,17)11-4-2-3-9(7-11)12(15)14-6-5-10(13)8-14/h2-4,7,10H,5-6,8H2,1H3/t10-/m1/s1. The Morgan fingerprint density at radius 2 is 2.17 bits per heavy atom. The van der Waals surface area contributed by atoms with Crippen molar-refractivity contribution in [3.05, 3.63) is 29.8 Å². The van der Waals surface area contributed by atoms with Crippen molar-refractivity contribution in [1.29, 1.82) is 0 Å². The molecule has 0 spiro atoms. The van der Waals surface area contributed by atoms with Crippen LogP contribution in [-0.4, -0.2) is 44.7 Å². The highest BCUT2D eigenvalue weighted by Crippen LogP contribution is 2.18. The lowest BCUT2D eigenvalue weighted by Gasteiger charge is -2.15. The van der Waals surface area contributed by atoms with E-state index >= 15 is 0 Å². The molecule has 1 fully saturated rings. The predicted octanol–water partition coefficient (Wildman–Crippen LogP) is 1.27. The van der Waals surface area contributed by atoms with Crippen LogP contribution in [0.1, 0.15) is 16.8 Å². The quantitative estimate of drug-likeness (QED) is 0.814. The zero-order chi connectivity index (χ0) is 13.3. The highest BCUT2D eigenvalue weighted by atomic mass is 32.2. The van der Waals surface area contributed by atoms with Crippen molar-refractivity contribution in [1.82, 2.24) is 4.90 Å². The number of rotatable bonds is 2. The molecule has 0 saturated carbocycles. The Labute approximate surface area is 105 Å². The van der Waals surface area contributed by atoms with Gasteiger partial charge in [0.25, 0.3) is 5.91 Å². The number of alkyl halides is 1. The van der Waals surface area contributed by atoms with Crippen LogP contribution in [0.4, 0.5) is 4.39 Å². The van der Waals surface area contributed by atoms with Crippen LogP contribution >= 0.6 is 0 Å². The van der Waals surface area contributed by atoms with Gasteiger partial charge < -0.3 is 4.90 Å². The lowest BCUT2D eigenvalue weighted by Crippen LogP contribution is -2.29. The van der Waals surface area contributed by atoms with Crippen molar-refractivity contribution in [3.8, 4) is 0 Å². The van der Waals surface area contributed by atoms with Crippen molar-refractivity contribution >= 4 is 15.7 Å². The number of hydrogen-bond acceptors (Lipinski definition) is 3. The number of hydrogen-bond donors (Lipinski definition) is 0. The first-order chi connectivity index (χ1) is 8.38. The van der Waals surface area contributed by atoms with E-state index in [0.29, 0.717) is 13.0 Å². The van der Waals surface area contributed by atoms with E-state index in [2.05, 4.69) is 0 Å². The van der Waals surface area contributed by atoms with Crippen molar-refractivity contribution in [2.24, 2.45) is 0 Å². The monoisotopic (exact) mass is 271 g/mol. The van der Waals surface area contributed by atoms with Crippen molar-refractivity contribution in [3.63, 3.8) is 0 Å². The topological polar surface area (TPSA) is 54.5 Å². The third-order valence-electron chi connectivity index (χ3n) is 2.93. The molecule has 4 nitrogen and oxygen atoms in total. The molecule has 1 saturated heterocycles. The number of amides is 1. The summed E-state index contributed by atoms with van der Waals surface area (Å²) in [6.45, 7) is 0.463. The Morgan fingerprint density at radius 1 is 1.44 bits per heavy atom. The fourth-order valence-electron chi connectivity index (χ4n) is 1.94. The second-order valence-corrected chi connectivity index (χ2v) is 6.45. The highest BCUT2D eigenvalue weighted by Gasteiger charge is 2.26. The molecule has 1 aliphatic rings. The summed E-state index contributed by atoms with van der Waals surface area (Å²) < 4.78 is 35.8. The Hall–Kier alpha value is -1.43. The maximum absolute atomic E-state index is 13.0. The molecule has 1 heterocycles. The van der Waals surface area contributed by atoms with E-state index in [9.17, 15) is 17.6 Å². The molecule has 0 aromatic heterocycles. The minimum atomic E-state index is -3.34. The number of benzene rings is 1. The van der Waals surface area contributed by atoms with Gasteiger partial charge >= 0.3 is 0 Å². The molecule has 1 aromatic carbocycles. The Bertz CT molecular complexity index is 570. The van der Waals surface area contributed by atoms with E-state index in [0.717, 1.165) is 6.26 Å². The lowest BCUT2D eigenvalue weighted by molar-refractivity contribution is 0.0782. The molecule has 1 aliphatic heterocycles. The van der Waals surface area contributed by atoms with Crippen LogP contribution < -0.4 is 0 Å². The number of sulfone groups is 1. The van der Waals surface area contributed by atoms with Crippen LogP contribution in [0.2, 0.25) is 0 Å². The Balaban J connectivity index is 2.26. The molecule has 0 bridgehead atoms. The van der Waals surface area contributed by atoms with Gasteiger partial charge in [-0.1, -0.05) is 6.07 Å². The minimum absolute atomic E-state index is 0.0853. The molecule has 0 radical (unpaired) electrons. The number of carbonyl (C=O) groups is 1. The second-order valence-electron chi connectivity index (χ2n) is 4.44. The summed E-state index contributed by atoms with van der Waals surface area (Å²) in [5.74, 6) is -0.319. The van der Waals surface area contributed by atoms with Gasteiger partial charge in [0.2, 0.25) is 0 Å². The molecule has 0 N–H and O–H groups in total. The van der Waals surface area contributed by atoms with Crippen LogP contribution in [0.25, 0.3) is 0 Å². The summed E-state index contributed by atoms with van der Waals surface area (Å²) >= 11 is 0. The van der Waals surface area contributed by atoms with E-state index in [1.165, 1.54) is 23.1 Å². The van der Waals surface area contributed by atoms with Gasteiger partial charge in [0.05, 0.1) is 11.4 Å². The highest BCUT2D eigenvalue weighted by molar-refractivity contribution is 7.90. The normalized spacial score (nSPS) is 20.1. The van der Waals surface area contributed by atoms with E-state index in [-0.39, 0.29) is 22.9 Å².